The summed E-state index contributed by atoms with van der Waals surface area (Å²) in [5.41, 5.74) is 0. The van der Waals surface area contributed by atoms with Crippen molar-refractivity contribution < 1.29 is 28.6 Å². The molecule has 0 aromatic heterocycles. The molecule has 0 aromatic rings. The first-order valence-electron chi connectivity index (χ1n) is 32.2. The number of hydrogen-bond donors (Lipinski definition) is 0. The Morgan fingerprint density at radius 1 is 0.276 bits per heavy atom. The van der Waals surface area contributed by atoms with Gasteiger partial charge >= 0.3 is 17.9 Å². The average molecular weight is 1060 g/mol. The predicted molar refractivity (Wildman–Crippen MR) is 330 cm³/mol. The summed E-state index contributed by atoms with van der Waals surface area (Å²) in [5, 5.41) is 0. The van der Waals surface area contributed by atoms with E-state index in [0.29, 0.717) is 19.3 Å². The third-order valence-electron chi connectivity index (χ3n) is 13.8. The highest BCUT2D eigenvalue weighted by Crippen LogP contribution is 2.17. The monoisotopic (exact) mass is 1060 g/mol. The highest BCUT2D eigenvalue weighted by molar-refractivity contribution is 5.71. The molecule has 6 heteroatoms. The van der Waals surface area contributed by atoms with Crippen LogP contribution in [0, 0.1) is 0 Å². The van der Waals surface area contributed by atoms with Gasteiger partial charge in [-0.1, -0.05) is 291 Å². The van der Waals surface area contributed by atoms with Crippen LogP contribution in [0.5, 0.6) is 0 Å². The fraction of sp³-hybridized carbons (Fsp3) is 0.729. The van der Waals surface area contributed by atoms with Crippen LogP contribution >= 0.6 is 0 Å². The van der Waals surface area contributed by atoms with Gasteiger partial charge in [0.25, 0.3) is 0 Å². The lowest BCUT2D eigenvalue weighted by molar-refractivity contribution is -0.167. The van der Waals surface area contributed by atoms with Gasteiger partial charge in [-0.15, -0.1) is 0 Å². The molecule has 76 heavy (non-hydrogen) atoms. The standard InChI is InChI=1S/C70H120O6/c1-4-7-10-13-16-19-22-25-28-31-33-34-35-37-39-42-45-48-51-54-57-60-63-69(72)75-66-67(65-74-68(71)62-59-56-53-50-47-44-41-38-30-27-24-21-18-15-12-9-6-3)76-70(73)64-61-58-55-52-49-46-43-40-36-32-29-26-23-20-17-14-11-8-5-2/h9,12,17-18,20-21,26-27,29-30,36,40-41,44,50,53,67H,4-8,10-11,13-16,19,22-25,28,31-35,37-39,42-43,45-49,51-52,54-66H2,1-3H3/b12-9-,20-17-,21-18-,29-26-,30-27-,40-36-,44-41-,53-50-. The van der Waals surface area contributed by atoms with Gasteiger partial charge in [0.05, 0.1) is 0 Å². The van der Waals surface area contributed by atoms with E-state index in [2.05, 4.69) is 118 Å². The number of unbranched alkanes of at least 4 members (excludes halogenated alkanes) is 31. The lowest BCUT2D eigenvalue weighted by Crippen LogP contribution is -2.30. The maximum atomic E-state index is 12.9. The molecule has 0 N–H and O–H groups in total. The summed E-state index contributed by atoms with van der Waals surface area (Å²) in [4.78, 5) is 38.3. The first kappa shape index (κ1) is 72.3. The van der Waals surface area contributed by atoms with Crippen LogP contribution in [0.15, 0.2) is 97.2 Å². The number of hydrogen-bond acceptors (Lipinski definition) is 6. The molecule has 0 saturated carbocycles. The predicted octanol–water partition coefficient (Wildman–Crippen LogP) is 22.0. The maximum absolute atomic E-state index is 12.9. The van der Waals surface area contributed by atoms with E-state index in [-0.39, 0.29) is 37.5 Å². The summed E-state index contributed by atoms with van der Waals surface area (Å²) in [5.74, 6) is -0.961. The number of carbonyl (C=O) groups excluding carboxylic acids is 3. The number of allylic oxidation sites excluding steroid dienone is 16. The van der Waals surface area contributed by atoms with Crippen LogP contribution in [0.2, 0.25) is 0 Å². The van der Waals surface area contributed by atoms with E-state index < -0.39 is 6.10 Å². The number of carbonyl (C=O) groups is 3. The Kier molecular flexibility index (Phi) is 60.8. The molecule has 0 fully saturated rings. The van der Waals surface area contributed by atoms with Gasteiger partial charge in [-0.3, -0.25) is 14.4 Å². The molecule has 0 amide bonds. The smallest absolute Gasteiger partial charge is 0.306 e. The summed E-state index contributed by atoms with van der Waals surface area (Å²) in [6, 6.07) is 0. The lowest BCUT2D eigenvalue weighted by Gasteiger charge is -2.18. The van der Waals surface area contributed by atoms with Gasteiger partial charge in [0.1, 0.15) is 13.2 Å². The number of ether oxygens (including phenoxy) is 3. The zero-order chi connectivity index (χ0) is 55.0. The van der Waals surface area contributed by atoms with Crippen molar-refractivity contribution in [1.82, 2.24) is 0 Å². The van der Waals surface area contributed by atoms with Crippen LogP contribution in [-0.4, -0.2) is 37.2 Å². The molecule has 0 aliphatic heterocycles. The van der Waals surface area contributed by atoms with Crippen molar-refractivity contribution in [2.45, 2.75) is 316 Å². The molecule has 1 unspecified atom stereocenters. The maximum Gasteiger partial charge on any atom is 0.306 e. The molecule has 436 valence electrons. The van der Waals surface area contributed by atoms with Crippen molar-refractivity contribution in [3.63, 3.8) is 0 Å². The van der Waals surface area contributed by atoms with Gasteiger partial charge < -0.3 is 14.2 Å². The number of rotatable bonds is 58. The van der Waals surface area contributed by atoms with Gasteiger partial charge in [0, 0.05) is 19.3 Å². The number of esters is 3. The highest BCUT2D eigenvalue weighted by Gasteiger charge is 2.19. The summed E-state index contributed by atoms with van der Waals surface area (Å²) in [7, 11) is 0. The van der Waals surface area contributed by atoms with Gasteiger partial charge in [0.15, 0.2) is 6.10 Å². The first-order chi connectivity index (χ1) is 37.5. The normalized spacial score (nSPS) is 12.7. The Bertz CT molecular complexity index is 1490. The zero-order valence-electron chi connectivity index (χ0n) is 50.0. The Balaban J connectivity index is 4.43. The quantitative estimate of drug-likeness (QED) is 0.0261. The molecule has 0 saturated heterocycles. The van der Waals surface area contributed by atoms with Gasteiger partial charge in [-0.2, -0.15) is 0 Å². The van der Waals surface area contributed by atoms with Crippen molar-refractivity contribution in [2.24, 2.45) is 0 Å². The second-order valence-corrected chi connectivity index (χ2v) is 21.3. The van der Waals surface area contributed by atoms with Crippen LogP contribution in [0.4, 0.5) is 0 Å². The van der Waals surface area contributed by atoms with Crippen molar-refractivity contribution in [3.05, 3.63) is 97.2 Å². The second kappa shape index (κ2) is 63.9. The van der Waals surface area contributed by atoms with Crippen molar-refractivity contribution in [3.8, 4) is 0 Å². The molecule has 0 bridgehead atoms. The molecule has 0 aliphatic carbocycles. The molecule has 0 rings (SSSR count). The van der Waals surface area contributed by atoms with Crippen LogP contribution in [-0.2, 0) is 28.6 Å². The Labute approximate surface area is 470 Å². The Morgan fingerprint density at radius 2 is 0.526 bits per heavy atom. The van der Waals surface area contributed by atoms with E-state index in [1.807, 2.05) is 0 Å². The van der Waals surface area contributed by atoms with E-state index >= 15 is 0 Å². The summed E-state index contributed by atoms with van der Waals surface area (Å²) in [6.07, 6.45) is 85.6. The molecule has 0 radical (unpaired) electrons. The third-order valence-corrected chi connectivity index (χ3v) is 13.8. The summed E-state index contributed by atoms with van der Waals surface area (Å²) < 4.78 is 16.9. The average Bonchev–Trinajstić information content (AvgIpc) is 3.42. The van der Waals surface area contributed by atoms with Crippen LogP contribution in [0.3, 0.4) is 0 Å². The minimum atomic E-state index is -0.809. The first-order valence-corrected chi connectivity index (χ1v) is 32.2. The SMILES string of the molecule is CC/C=C\C/C=C\C/C=C\C/C=C\C/C=C\CCCC(=O)OCC(COC(=O)CCCCCCCCCCCCCCCCCCCCCCCC)OC(=O)CCCCCCCC/C=C\C/C=C\C/C=C\CCCCC. The Hall–Kier alpha value is -3.67. The van der Waals surface area contributed by atoms with E-state index in [4.69, 9.17) is 14.2 Å². The summed E-state index contributed by atoms with van der Waals surface area (Å²) >= 11 is 0. The lowest BCUT2D eigenvalue weighted by atomic mass is 10.0. The fourth-order valence-corrected chi connectivity index (χ4v) is 9.02. The van der Waals surface area contributed by atoms with Crippen molar-refractivity contribution in [1.29, 1.82) is 0 Å². The molecule has 0 spiro atoms. The minimum absolute atomic E-state index is 0.0987. The fourth-order valence-electron chi connectivity index (χ4n) is 9.02. The molecule has 0 aromatic carbocycles. The summed E-state index contributed by atoms with van der Waals surface area (Å²) in [6.45, 7) is 6.47. The van der Waals surface area contributed by atoms with Crippen LogP contribution < -0.4 is 0 Å². The van der Waals surface area contributed by atoms with E-state index in [1.165, 1.54) is 161 Å². The minimum Gasteiger partial charge on any atom is -0.462 e. The molecule has 0 heterocycles. The largest absolute Gasteiger partial charge is 0.462 e. The zero-order valence-corrected chi connectivity index (χ0v) is 50.0. The third kappa shape index (κ3) is 61.2. The van der Waals surface area contributed by atoms with Crippen molar-refractivity contribution >= 4 is 17.9 Å². The van der Waals surface area contributed by atoms with E-state index in [0.717, 1.165) is 103 Å². The molecule has 0 aliphatic rings. The van der Waals surface area contributed by atoms with Gasteiger partial charge in [-0.25, -0.2) is 0 Å². The topological polar surface area (TPSA) is 78.9 Å². The molecule has 6 nitrogen and oxygen atoms in total. The second-order valence-electron chi connectivity index (χ2n) is 21.3. The van der Waals surface area contributed by atoms with Gasteiger partial charge in [-0.05, 0) is 96.3 Å². The Morgan fingerprint density at radius 3 is 0.882 bits per heavy atom. The molecule has 1 atom stereocenters. The van der Waals surface area contributed by atoms with Gasteiger partial charge in [0.2, 0.25) is 0 Å². The van der Waals surface area contributed by atoms with Crippen molar-refractivity contribution in [2.75, 3.05) is 13.2 Å². The van der Waals surface area contributed by atoms with Crippen LogP contribution in [0.1, 0.15) is 310 Å². The molecular weight excluding hydrogens is 937 g/mol. The van der Waals surface area contributed by atoms with E-state index in [9.17, 15) is 14.4 Å². The van der Waals surface area contributed by atoms with E-state index in [1.54, 1.807) is 0 Å². The highest BCUT2D eigenvalue weighted by atomic mass is 16.6. The van der Waals surface area contributed by atoms with Crippen LogP contribution in [0.25, 0.3) is 0 Å². The molecular formula is C70H120O6.